The molecule has 0 bridgehead atoms. The predicted molar refractivity (Wildman–Crippen MR) is 137 cm³/mol. The second kappa shape index (κ2) is 11.1. The normalized spacial score (nSPS) is 17.3. The van der Waals surface area contributed by atoms with Crippen molar-refractivity contribution in [2.24, 2.45) is 0 Å². The van der Waals surface area contributed by atoms with E-state index in [4.69, 9.17) is 4.74 Å². The highest BCUT2D eigenvalue weighted by Gasteiger charge is 2.42. The maximum Gasteiger partial charge on any atom is 0.323 e. The molecule has 0 saturated carbocycles. The van der Waals surface area contributed by atoms with Crippen LogP contribution in [-0.4, -0.2) is 35.7 Å². The number of thioether (sulfide) groups is 1. The van der Waals surface area contributed by atoms with Gasteiger partial charge in [0.1, 0.15) is 17.2 Å². The molecule has 3 aromatic rings. The molecule has 176 valence electrons. The van der Waals surface area contributed by atoms with Crippen molar-refractivity contribution >= 4 is 29.4 Å². The summed E-state index contributed by atoms with van der Waals surface area (Å²) in [5, 5.41) is 5.70. The van der Waals surface area contributed by atoms with Crippen LogP contribution in [0.15, 0.2) is 78.9 Å². The van der Waals surface area contributed by atoms with Crippen LogP contribution >= 0.6 is 11.8 Å². The molecule has 34 heavy (non-hydrogen) atoms. The molecule has 2 N–H and O–H groups in total. The number of aryl methyl sites for hydroxylation is 1. The molecule has 6 nitrogen and oxygen atoms in total. The lowest BCUT2D eigenvalue weighted by molar-refractivity contribution is -0.124. The number of rotatable bonds is 7. The minimum absolute atomic E-state index is 0.166. The topological polar surface area (TPSA) is 70.7 Å². The first-order valence-corrected chi connectivity index (χ1v) is 12.4. The Morgan fingerprint density at radius 3 is 2.35 bits per heavy atom. The van der Waals surface area contributed by atoms with Gasteiger partial charge in [0.25, 0.3) is 0 Å². The number of nitrogens with zero attached hydrogens (tertiary/aromatic N) is 1. The molecule has 0 radical (unpaired) electrons. The van der Waals surface area contributed by atoms with Crippen molar-refractivity contribution in [1.29, 1.82) is 0 Å². The Labute approximate surface area is 204 Å². The fraction of sp³-hybridized carbons (Fsp3) is 0.259. The van der Waals surface area contributed by atoms with Crippen molar-refractivity contribution in [3.63, 3.8) is 0 Å². The van der Waals surface area contributed by atoms with Crippen LogP contribution in [0.5, 0.6) is 5.75 Å². The summed E-state index contributed by atoms with van der Waals surface area (Å²) in [6.45, 7) is 2.53. The maximum atomic E-state index is 13.5. The van der Waals surface area contributed by atoms with Gasteiger partial charge in [-0.05, 0) is 35.2 Å². The highest BCUT2D eigenvalue weighted by molar-refractivity contribution is 7.99. The number of carbonyl (C=O) groups is 2. The van der Waals surface area contributed by atoms with E-state index in [0.717, 1.165) is 17.5 Å². The minimum Gasteiger partial charge on any atom is -0.495 e. The summed E-state index contributed by atoms with van der Waals surface area (Å²) in [6, 6.07) is 24.3. The number of urea groups is 1. The molecule has 2 atom stereocenters. The lowest BCUT2D eigenvalue weighted by Gasteiger charge is -2.29. The van der Waals surface area contributed by atoms with Gasteiger partial charge in [-0.1, -0.05) is 73.7 Å². The van der Waals surface area contributed by atoms with Gasteiger partial charge >= 0.3 is 6.03 Å². The Morgan fingerprint density at radius 2 is 1.65 bits per heavy atom. The van der Waals surface area contributed by atoms with Crippen molar-refractivity contribution < 1.29 is 14.3 Å². The molecular formula is C27H29N3O3S. The molecule has 1 fully saturated rings. The Hall–Kier alpha value is -3.45. The first-order valence-electron chi connectivity index (χ1n) is 11.3. The van der Waals surface area contributed by atoms with Crippen LogP contribution in [0.3, 0.4) is 0 Å². The molecular weight excluding hydrogens is 446 g/mol. The second-order valence-corrected chi connectivity index (χ2v) is 9.15. The van der Waals surface area contributed by atoms with E-state index in [1.165, 1.54) is 5.56 Å². The van der Waals surface area contributed by atoms with Crippen LogP contribution in [0.4, 0.5) is 10.5 Å². The van der Waals surface area contributed by atoms with Crippen molar-refractivity contribution in [3.8, 4) is 5.75 Å². The van der Waals surface area contributed by atoms with E-state index in [1.54, 1.807) is 35.9 Å². The molecule has 0 aromatic heterocycles. The van der Waals surface area contributed by atoms with Crippen LogP contribution in [0.1, 0.15) is 29.0 Å². The second-order valence-electron chi connectivity index (χ2n) is 8.04. The summed E-state index contributed by atoms with van der Waals surface area (Å²) < 4.78 is 5.38. The Balaban J connectivity index is 1.53. The number of amides is 3. The summed E-state index contributed by atoms with van der Waals surface area (Å²) in [6.07, 6.45) is 0.975. The fourth-order valence-corrected chi connectivity index (χ4v) is 5.39. The summed E-state index contributed by atoms with van der Waals surface area (Å²) in [5.74, 6) is 0.913. The van der Waals surface area contributed by atoms with E-state index in [2.05, 4.69) is 29.7 Å². The summed E-state index contributed by atoms with van der Waals surface area (Å²) >= 11 is 1.59. The first kappa shape index (κ1) is 23.7. The third kappa shape index (κ3) is 5.37. The number of nitrogens with one attached hydrogen (secondary N) is 2. The average molecular weight is 476 g/mol. The van der Waals surface area contributed by atoms with Crippen molar-refractivity contribution in [2.45, 2.75) is 31.3 Å². The van der Waals surface area contributed by atoms with Crippen molar-refractivity contribution in [2.75, 3.05) is 18.2 Å². The lowest BCUT2D eigenvalue weighted by Crippen LogP contribution is -2.49. The van der Waals surface area contributed by atoms with E-state index in [1.807, 2.05) is 54.6 Å². The fourth-order valence-electron chi connectivity index (χ4n) is 3.96. The number of benzene rings is 3. The predicted octanol–water partition coefficient (Wildman–Crippen LogP) is 5.22. The zero-order valence-electron chi connectivity index (χ0n) is 19.4. The van der Waals surface area contributed by atoms with E-state index >= 15 is 0 Å². The van der Waals surface area contributed by atoms with Gasteiger partial charge in [-0.3, -0.25) is 9.69 Å². The SMILES string of the molecule is CCc1ccc(CNC(=O)[C@@H]2CS[C@@H](c3ccccc3)N2C(=O)Nc2ccccc2OC)cc1. The molecule has 0 aliphatic carbocycles. The van der Waals surface area contributed by atoms with Crippen LogP contribution < -0.4 is 15.4 Å². The Bertz CT molecular complexity index is 1120. The minimum atomic E-state index is -0.597. The van der Waals surface area contributed by atoms with E-state index in [-0.39, 0.29) is 17.3 Å². The first-order chi connectivity index (χ1) is 16.6. The van der Waals surface area contributed by atoms with Crippen molar-refractivity contribution in [3.05, 3.63) is 95.6 Å². The number of ether oxygens (including phenoxy) is 1. The van der Waals surface area contributed by atoms with Gasteiger partial charge in [-0.15, -0.1) is 11.8 Å². The number of anilines is 1. The summed E-state index contributed by atoms with van der Waals surface area (Å²) in [7, 11) is 1.56. The summed E-state index contributed by atoms with van der Waals surface area (Å²) in [5.41, 5.74) is 3.83. The van der Waals surface area contributed by atoms with Gasteiger partial charge in [0.2, 0.25) is 5.91 Å². The zero-order valence-corrected chi connectivity index (χ0v) is 20.2. The quantitative estimate of drug-likeness (QED) is 0.491. The van der Waals surface area contributed by atoms with E-state index in [0.29, 0.717) is 23.7 Å². The molecule has 3 amide bonds. The molecule has 1 aliphatic rings. The van der Waals surface area contributed by atoms with Crippen LogP contribution in [0.25, 0.3) is 0 Å². The highest BCUT2D eigenvalue weighted by atomic mass is 32.2. The number of methoxy groups -OCH3 is 1. The zero-order chi connectivity index (χ0) is 23.9. The van der Waals surface area contributed by atoms with Gasteiger partial charge in [0, 0.05) is 12.3 Å². The Morgan fingerprint density at radius 1 is 0.971 bits per heavy atom. The molecule has 1 heterocycles. The van der Waals surface area contributed by atoms with Crippen LogP contribution in [-0.2, 0) is 17.8 Å². The van der Waals surface area contributed by atoms with Gasteiger partial charge < -0.3 is 15.4 Å². The number of para-hydroxylation sites is 2. The largest absolute Gasteiger partial charge is 0.495 e. The lowest BCUT2D eigenvalue weighted by atomic mass is 10.1. The monoisotopic (exact) mass is 475 g/mol. The van der Waals surface area contributed by atoms with Gasteiger partial charge in [0.05, 0.1) is 12.8 Å². The molecule has 1 saturated heterocycles. The van der Waals surface area contributed by atoms with Gasteiger partial charge in [-0.2, -0.15) is 0 Å². The van der Waals surface area contributed by atoms with Crippen LogP contribution in [0.2, 0.25) is 0 Å². The standard InChI is InChI=1S/C27H29N3O3S/c1-3-19-13-15-20(16-14-19)17-28-25(31)23-18-34-26(21-9-5-4-6-10-21)30(23)27(32)29-22-11-7-8-12-24(22)33-2/h4-16,23,26H,3,17-18H2,1-2H3,(H,28,31)(H,29,32)/t23-,26-/m0/s1. The molecule has 4 rings (SSSR count). The molecule has 7 heteroatoms. The van der Waals surface area contributed by atoms with E-state index < -0.39 is 6.04 Å². The number of hydrogen-bond donors (Lipinski definition) is 2. The molecule has 1 aliphatic heterocycles. The van der Waals surface area contributed by atoms with E-state index in [9.17, 15) is 9.59 Å². The highest BCUT2D eigenvalue weighted by Crippen LogP contribution is 2.42. The molecule has 0 spiro atoms. The maximum absolute atomic E-state index is 13.5. The Kier molecular flexibility index (Phi) is 7.75. The molecule has 3 aromatic carbocycles. The number of carbonyl (C=O) groups excluding carboxylic acids is 2. The third-order valence-electron chi connectivity index (χ3n) is 5.87. The van der Waals surface area contributed by atoms with Crippen LogP contribution in [0, 0.1) is 0 Å². The average Bonchev–Trinajstić information content (AvgIpc) is 3.34. The molecule has 0 unspecified atom stereocenters. The summed E-state index contributed by atoms with van der Waals surface area (Å²) in [4.78, 5) is 28.4. The van der Waals surface area contributed by atoms with Gasteiger partial charge in [0.15, 0.2) is 0 Å². The smallest absolute Gasteiger partial charge is 0.323 e. The third-order valence-corrected chi connectivity index (χ3v) is 7.19. The number of hydrogen-bond acceptors (Lipinski definition) is 4. The van der Waals surface area contributed by atoms with Gasteiger partial charge in [-0.25, -0.2) is 4.79 Å². The van der Waals surface area contributed by atoms with Crippen molar-refractivity contribution in [1.82, 2.24) is 10.2 Å².